The van der Waals surface area contributed by atoms with Gasteiger partial charge in [-0.15, -0.1) is 0 Å². The minimum atomic E-state index is -0.928. The summed E-state index contributed by atoms with van der Waals surface area (Å²) < 4.78 is 16.2. The highest BCUT2D eigenvalue weighted by molar-refractivity contribution is 5.82. The zero-order chi connectivity index (χ0) is 22.6. The van der Waals surface area contributed by atoms with Crippen molar-refractivity contribution in [3.8, 4) is 5.75 Å². The SMILES string of the molecule is CCCCOC(=O)C(Cc1ccc(OCCCC)c(C=O)c1)NC(=O)OC(C)(C)C. The van der Waals surface area contributed by atoms with Gasteiger partial charge in [0, 0.05) is 6.42 Å². The summed E-state index contributed by atoms with van der Waals surface area (Å²) in [4.78, 5) is 36.2. The average molecular weight is 422 g/mol. The van der Waals surface area contributed by atoms with E-state index in [0.717, 1.165) is 32.0 Å². The van der Waals surface area contributed by atoms with Gasteiger partial charge in [-0.3, -0.25) is 4.79 Å². The molecular formula is C23H35NO6. The predicted octanol–water partition coefficient (Wildman–Crippen LogP) is 4.46. The van der Waals surface area contributed by atoms with E-state index in [1.165, 1.54) is 0 Å². The second-order valence-corrected chi connectivity index (χ2v) is 8.12. The second-order valence-electron chi connectivity index (χ2n) is 8.12. The normalized spacial score (nSPS) is 12.0. The number of aldehydes is 1. The zero-order valence-corrected chi connectivity index (χ0v) is 18.8. The van der Waals surface area contributed by atoms with Crippen molar-refractivity contribution in [1.29, 1.82) is 0 Å². The van der Waals surface area contributed by atoms with E-state index in [0.29, 0.717) is 23.5 Å². The van der Waals surface area contributed by atoms with Crippen LogP contribution >= 0.6 is 0 Å². The van der Waals surface area contributed by atoms with Gasteiger partial charge in [0.25, 0.3) is 0 Å². The molecule has 0 aliphatic rings. The number of unbranched alkanes of at least 4 members (excludes halogenated alkanes) is 2. The first-order valence-corrected chi connectivity index (χ1v) is 10.6. The summed E-state index contributed by atoms with van der Waals surface area (Å²) >= 11 is 0. The lowest BCUT2D eigenvalue weighted by atomic mass is 10.0. The molecule has 1 rings (SSSR count). The van der Waals surface area contributed by atoms with Gasteiger partial charge < -0.3 is 19.5 Å². The first kappa shape index (κ1) is 25.5. The van der Waals surface area contributed by atoms with Crippen molar-refractivity contribution in [1.82, 2.24) is 5.32 Å². The molecule has 0 bridgehead atoms. The number of carbonyl (C=O) groups excluding carboxylic acids is 3. The van der Waals surface area contributed by atoms with Gasteiger partial charge in [-0.2, -0.15) is 0 Å². The maximum absolute atomic E-state index is 12.5. The molecule has 1 aromatic carbocycles. The van der Waals surface area contributed by atoms with E-state index in [4.69, 9.17) is 14.2 Å². The molecular weight excluding hydrogens is 386 g/mol. The van der Waals surface area contributed by atoms with Crippen molar-refractivity contribution in [2.24, 2.45) is 0 Å². The number of hydrogen-bond acceptors (Lipinski definition) is 6. The van der Waals surface area contributed by atoms with Crippen LogP contribution in [0.1, 0.15) is 76.2 Å². The van der Waals surface area contributed by atoms with Crippen molar-refractivity contribution < 1.29 is 28.6 Å². The zero-order valence-electron chi connectivity index (χ0n) is 18.8. The summed E-state index contributed by atoms with van der Waals surface area (Å²) in [6.45, 7) is 10.1. The third-order valence-electron chi connectivity index (χ3n) is 4.11. The number of benzene rings is 1. The number of nitrogens with one attached hydrogen (secondary N) is 1. The van der Waals surface area contributed by atoms with E-state index >= 15 is 0 Å². The lowest BCUT2D eigenvalue weighted by molar-refractivity contribution is -0.146. The minimum Gasteiger partial charge on any atom is -0.493 e. The number of esters is 1. The van der Waals surface area contributed by atoms with E-state index in [9.17, 15) is 14.4 Å². The third kappa shape index (κ3) is 9.76. The van der Waals surface area contributed by atoms with E-state index in [2.05, 4.69) is 12.2 Å². The van der Waals surface area contributed by atoms with Crippen LogP contribution in [0.3, 0.4) is 0 Å². The van der Waals surface area contributed by atoms with Crippen LogP contribution in [0.2, 0.25) is 0 Å². The number of carbonyl (C=O) groups is 3. The molecule has 1 amide bonds. The van der Waals surface area contributed by atoms with E-state index in [1.807, 2.05) is 6.92 Å². The monoisotopic (exact) mass is 421 g/mol. The molecule has 1 unspecified atom stereocenters. The third-order valence-corrected chi connectivity index (χ3v) is 4.11. The summed E-state index contributed by atoms with van der Waals surface area (Å²) in [6, 6.07) is 4.22. The van der Waals surface area contributed by atoms with Crippen molar-refractivity contribution in [3.63, 3.8) is 0 Å². The summed E-state index contributed by atoms with van der Waals surface area (Å²) in [7, 11) is 0. The van der Waals surface area contributed by atoms with Gasteiger partial charge in [0.05, 0.1) is 18.8 Å². The van der Waals surface area contributed by atoms with Gasteiger partial charge in [0.1, 0.15) is 17.4 Å². The van der Waals surface area contributed by atoms with Gasteiger partial charge in [0.2, 0.25) is 0 Å². The molecule has 1 aromatic rings. The summed E-state index contributed by atoms with van der Waals surface area (Å²) in [5.41, 5.74) is 0.413. The van der Waals surface area contributed by atoms with E-state index < -0.39 is 23.7 Å². The molecule has 0 saturated carbocycles. The summed E-state index contributed by atoms with van der Waals surface area (Å²) in [5, 5.41) is 2.59. The van der Waals surface area contributed by atoms with Crippen molar-refractivity contribution in [2.75, 3.05) is 13.2 Å². The highest BCUT2D eigenvalue weighted by atomic mass is 16.6. The van der Waals surface area contributed by atoms with Crippen molar-refractivity contribution in [2.45, 2.75) is 78.4 Å². The Morgan fingerprint density at radius 1 is 1.10 bits per heavy atom. The van der Waals surface area contributed by atoms with Crippen LogP contribution in [0.5, 0.6) is 5.75 Å². The fraction of sp³-hybridized carbons (Fsp3) is 0.609. The number of hydrogen-bond donors (Lipinski definition) is 1. The standard InChI is InChI=1S/C23H35NO6/c1-6-8-12-28-20-11-10-17(14-18(20)16-25)15-19(21(26)29-13-9-7-2)24-22(27)30-23(3,4)5/h10-11,14,16,19H,6-9,12-13,15H2,1-5H3,(H,24,27). The maximum Gasteiger partial charge on any atom is 0.408 e. The Labute approximate surface area is 179 Å². The molecule has 30 heavy (non-hydrogen) atoms. The molecule has 0 radical (unpaired) electrons. The highest BCUT2D eigenvalue weighted by Crippen LogP contribution is 2.20. The fourth-order valence-corrected chi connectivity index (χ4v) is 2.57. The Morgan fingerprint density at radius 2 is 1.77 bits per heavy atom. The topological polar surface area (TPSA) is 90.9 Å². The van der Waals surface area contributed by atoms with Crippen LogP contribution in [0.15, 0.2) is 18.2 Å². The van der Waals surface area contributed by atoms with Crippen LogP contribution in [0.4, 0.5) is 4.79 Å². The number of ether oxygens (including phenoxy) is 3. The molecule has 0 heterocycles. The van der Waals surface area contributed by atoms with E-state index in [-0.39, 0.29) is 13.0 Å². The van der Waals surface area contributed by atoms with Gasteiger partial charge in [-0.25, -0.2) is 9.59 Å². The van der Waals surface area contributed by atoms with Crippen LogP contribution in [-0.4, -0.2) is 43.2 Å². The summed E-state index contributed by atoms with van der Waals surface area (Å²) in [5.74, 6) is -0.0328. The number of amides is 1. The Bertz CT molecular complexity index is 695. The second kappa shape index (κ2) is 12.9. The summed E-state index contributed by atoms with van der Waals surface area (Å²) in [6.07, 6.45) is 3.71. The van der Waals surface area contributed by atoms with Crippen molar-refractivity contribution >= 4 is 18.3 Å². The predicted molar refractivity (Wildman–Crippen MR) is 115 cm³/mol. The molecule has 1 atom stereocenters. The number of rotatable bonds is 12. The molecule has 0 fully saturated rings. The Balaban J connectivity index is 2.94. The molecule has 0 spiro atoms. The lowest BCUT2D eigenvalue weighted by Crippen LogP contribution is -2.45. The smallest absolute Gasteiger partial charge is 0.408 e. The Hall–Kier alpha value is -2.57. The first-order valence-electron chi connectivity index (χ1n) is 10.6. The molecule has 0 aromatic heterocycles. The minimum absolute atomic E-state index is 0.167. The van der Waals surface area contributed by atoms with Crippen LogP contribution in [0, 0.1) is 0 Å². The average Bonchev–Trinajstić information content (AvgIpc) is 2.67. The van der Waals surface area contributed by atoms with Crippen LogP contribution in [-0.2, 0) is 20.7 Å². The molecule has 0 saturated heterocycles. The fourth-order valence-electron chi connectivity index (χ4n) is 2.57. The lowest BCUT2D eigenvalue weighted by Gasteiger charge is -2.23. The van der Waals surface area contributed by atoms with Crippen LogP contribution < -0.4 is 10.1 Å². The Morgan fingerprint density at radius 3 is 2.37 bits per heavy atom. The highest BCUT2D eigenvalue weighted by Gasteiger charge is 2.26. The van der Waals surface area contributed by atoms with Crippen LogP contribution in [0.25, 0.3) is 0 Å². The molecule has 7 heteroatoms. The molecule has 0 aliphatic carbocycles. The van der Waals surface area contributed by atoms with Gasteiger partial charge >= 0.3 is 12.1 Å². The maximum atomic E-state index is 12.5. The molecule has 168 valence electrons. The van der Waals surface area contributed by atoms with Gasteiger partial charge in [0.15, 0.2) is 6.29 Å². The molecule has 1 N–H and O–H groups in total. The quantitative estimate of drug-likeness (QED) is 0.304. The number of alkyl carbamates (subject to hydrolysis) is 1. The van der Waals surface area contributed by atoms with Gasteiger partial charge in [-0.05, 0) is 51.3 Å². The van der Waals surface area contributed by atoms with Gasteiger partial charge in [-0.1, -0.05) is 32.8 Å². The molecule has 0 aliphatic heterocycles. The molecule has 7 nitrogen and oxygen atoms in total. The first-order chi connectivity index (χ1) is 14.2. The largest absolute Gasteiger partial charge is 0.493 e. The van der Waals surface area contributed by atoms with Crippen molar-refractivity contribution in [3.05, 3.63) is 29.3 Å². The van der Waals surface area contributed by atoms with E-state index in [1.54, 1.807) is 39.0 Å². The Kier molecular flexibility index (Phi) is 10.9.